The number of carbonyl (C=O) groups excluding carboxylic acids is 1. The van der Waals surface area contributed by atoms with Crippen LogP contribution in [0.15, 0.2) is 34.9 Å². The van der Waals surface area contributed by atoms with Crippen LogP contribution in [0, 0.1) is 13.8 Å². The van der Waals surface area contributed by atoms with Gasteiger partial charge in [-0.25, -0.2) is 5.84 Å². The molecule has 1 amide bonds. The van der Waals surface area contributed by atoms with Gasteiger partial charge < -0.3 is 9.15 Å². The number of amides is 1. The van der Waals surface area contributed by atoms with E-state index in [2.05, 4.69) is 0 Å². The summed E-state index contributed by atoms with van der Waals surface area (Å²) >= 11 is 0. The molecule has 5 heteroatoms. The highest BCUT2D eigenvalue weighted by atomic mass is 16.5. The number of benzene rings is 1. The van der Waals surface area contributed by atoms with Crippen LogP contribution in [0.4, 0.5) is 0 Å². The molecule has 3 N–H and O–H groups in total. The second-order valence-electron chi connectivity index (χ2n) is 4.31. The van der Waals surface area contributed by atoms with E-state index < -0.39 is 0 Å². The van der Waals surface area contributed by atoms with E-state index in [0.29, 0.717) is 11.3 Å². The third kappa shape index (κ3) is 3.14. The largest absolute Gasteiger partial charge is 0.486 e. The summed E-state index contributed by atoms with van der Waals surface area (Å²) in [5.74, 6) is 5.98. The topological polar surface area (TPSA) is 77.5 Å². The van der Waals surface area contributed by atoms with E-state index in [9.17, 15) is 4.79 Å². The lowest BCUT2D eigenvalue weighted by molar-refractivity contribution is 0.0953. The zero-order valence-corrected chi connectivity index (χ0v) is 10.9. The molecule has 0 aliphatic heterocycles. The maximum absolute atomic E-state index is 11.2. The molecule has 2 rings (SSSR count). The van der Waals surface area contributed by atoms with E-state index >= 15 is 0 Å². The van der Waals surface area contributed by atoms with Gasteiger partial charge >= 0.3 is 0 Å². The molecule has 1 aromatic heterocycles. The van der Waals surface area contributed by atoms with Gasteiger partial charge in [0.2, 0.25) is 0 Å². The molecule has 19 heavy (non-hydrogen) atoms. The molecule has 0 radical (unpaired) electrons. The normalized spacial score (nSPS) is 10.3. The van der Waals surface area contributed by atoms with Crippen LogP contribution in [0.3, 0.4) is 0 Å². The first-order valence-electron chi connectivity index (χ1n) is 5.88. The Morgan fingerprint density at radius 3 is 2.79 bits per heavy atom. The molecule has 0 spiro atoms. The summed E-state index contributed by atoms with van der Waals surface area (Å²) in [6, 6.07) is 7.47. The van der Waals surface area contributed by atoms with Crippen LogP contribution in [0.2, 0.25) is 0 Å². The van der Waals surface area contributed by atoms with Gasteiger partial charge in [0.25, 0.3) is 5.91 Å². The number of nitrogens with one attached hydrogen (secondary N) is 1. The van der Waals surface area contributed by atoms with E-state index in [1.165, 1.54) is 17.4 Å². The fraction of sp³-hybridized carbons (Fsp3) is 0.214. The summed E-state index contributed by atoms with van der Waals surface area (Å²) in [6.45, 7) is 4.34. The molecular weight excluding hydrogens is 244 g/mol. The number of hydrogen-bond acceptors (Lipinski definition) is 4. The fourth-order valence-corrected chi connectivity index (χ4v) is 1.62. The van der Waals surface area contributed by atoms with Crippen LogP contribution in [-0.4, -0.2) is 5.91 Å². The van der Waals surface area contributed by atoms with Gasteiger partial charge in [-0.05, 0) is 43.2 Å². The Hall–Kier alpha value is -2.27. The molecular formula is C14H16N2O3. The van der Waals surface area contributed by atoms with Crippen molar-refractivity contribution < 1.29 is 13.9 Å². The van der Waals surface area contributed by atoms with E-state index in [1.54, 1.807) is 6.07 Å². The Balaban J connectivity index is 2.00. The highest BCUT2D eigenvalue weighted by Crippen LogP contribution is 2.18. The average molecular weight is 260 g/mol. The number of aryl methyl sites for hydroxylation is 2. The molecule has 0 bridgehead atoms. The predicted octanol–water partition coefficient (Wildman–Crippen LogP) is 2.08. The van der Waals surface area contributed by atoms with Crippen molar-refractivity contribution in [3.8, 4) is 5.75 Å². The number of furan rings is 1. The first kappa shape index (κ1) is 13.2. The standard InChI is InChI=1S/C14H16N2O3/c1-9-3-4-12(5-10(9)2)19-8-13-6-11(7-18-13)14(17)16-15/h3-7H,8,15H2,1-2H3,(H,16,17). The fourth-order valence-electron chi connectivity index (χ4n) is 1.62. The SMILES string of the molecule is Cc1ccc(OCc2cc(C(=O)NN)co2)cc1C. The number of ether oxygens (including phenoxy) is 1. The van der Waals surface area contributed by atoms with Gasteiger partial charge in [0.15, 0.2) is 0 Å². The molecule has 0 saturated carbocycles. The summed E-state index contributed by atoms with van der Waals surface area (Å²) in [5, 5.41) is 0. The molecule has 0 aliphatic rings. The Bertz CT molecular complexity index is 590. The van der Waals surface area contributed by atoms with Gasteiger partial charge in [0, 0.05) is 0 Å². The maximum Gasteiger partial charge on any atom is 0.268 e. The minimum atomic E-state index is -0.388. The monoisotopic (exact) mass is 260 g/mol. The summed E-state index contributed by atoms with van der Waals surface area (Å²) < 4.78 is 10.8. The summed E-state index contributed by atoms with van der Waals surface area (Å²) in [7, 11) is 0. The van der Waals surface area contributed by atoms with Crippen molar-refractivity contribution >= 4 is 5.91 Å². The van der Waals surface area contributed by atoms with Crippen LogP contribution < -0.4 is 16.0 Å². The van der Waals surface area contributed by atoms with Crippen LogP contribution in [0.1, 0.15) is 27.2 Å². The number of rotatable bonds is 4. The lowest BCUT2D eigenvalue weighted by atomic mass is 10.1. The van der Waals surface area contributed by atoms with Gasteiger partial charge in [-0.2, -0.15) is 0 Å². The van der Waals surface area contributed by atoms with Gasteiger partial charge in [0.05, 0.1) is 5.56 Å². The molecule has 0 aliphatic carbocycles. The molecule has 0 saturated heterocycles. The molecule has 0 atom stereocenters. The van der Waals surface area contributed by atoms with Gasteiger partial charge in [-0.3, -0.25) is 10.2 Å². The molecule has 2 aromatic rings. The summed E-state index contributed by atoms with van der Waals surface area (Å²) in [5.41, 5.74) is 4.80. The van der Waals surface area contributed by atoms with E-state index in [1.807, 2.05) is 37.5 Å². The first-order chi connectivity index (χ1) is 9.10. The Labute approximate surface area is 111 Å². The number of hydrazine groups is 1. The molecule has 0 unspecified atom stereocenters. The van der Waals surface area contributed by atoms with E-state index in [0.717, 1.165) is 5.75 Å². The maximum atomic E-state index is 11.2. The molecule has 100 valence electrons. The van der Waals surface area contributed by atoms with Crippen molar-refractivity contribution in [2.45, 2.75) is 20.5 Å². The minimum absolute atomic E-state index is 0.264. The highest BCUT2D eigenvalue weighted by molar-refractivity contribution is 5.93. The second-order valence-corrected chi connectivity index (χ2v) is 4.31. The second kappa shape index (κ2) is 5.58. The summed E-state index contributed by atoms with van der Waals surface area (Å²) in [6.07, 6.45) is 1.35. The van der Waals surface area contributed by atoms with Gasteiger partial charge in [-0.15, -0.1) is 0 Å². The quantitative estimate of drug-likeness (QED) is 0.501. The number of nitrogen functional groups attached to an aromatic ring is 1. The van der Waals surface area contributed by atoms with Gasteiger partial charge in [-0.1, -0.05) is 6.07 Å². The Morgan fingerprint density at radius 2 is 2.11 bits per heavy atom. The van der Waals surface area contributed by atoms with E-state index in [-0.39, 0.29) is 12.5 Å². The Morgan fingerprint density at radius 1 is 1.32 bits per heavy atom. The smallest absolute Gasteiger partial charge is 0.268 e. The predicted molar refractivity (Wildman–Crippen MR) is 70.6 cm³/mol. The van der Waals surface area contributed by atoms with Gasteiger partial charge in [0.1, 0.15) is 24.4 Å². The average Bonchev–Trinajstić information content (AvgIpc) is 2.88. The Kier molecular flexibility index (Phi) is 3.87. The first-order valence-corrected chi connectivity index (χ1v) is 5.88. The van der Waals surface area contributed by atoms with Crippen molar-refractivity contribution in [2.75, 3.05) is 0 Å². The van der Waals surface area contributed by atoms with Crippen LogP contribution in [0.25, 0.3) is 0 Å². The molecule has 0 fully saturated rings. The lowest BCUT2D eigenvalue weighted by Gasteiger charge is -2.06. The van der Waals surface area contributed by atoms with Crippen molar-refractivity contribution in [3.63, 3.8) is 0 Å². The minimum Gasteiger partial charge on any atom is -0.486 e. The molecule has 5 nitrogen and oxygen atoms in total. The van der Waals surface area contributed by atoms with Crippen molar-refractivity contribution in [1.82, 2.24) is 5.43 Å². The van der Waals surface area contributed by atoms with Crippen molar-refractivity contribution in [3.05, 3.63) is 53.0 Å². The molecule has 1 heterocycles. The van der Waals surface area contributed by atoms with Crippen molar-refractivity contribution in [1.29, 1.82) is 0 Å². The van der Waals surface area contributed by atoms with Crippen molar-refractivity contribution in [2.24, 2.45) is 5.84 Å². The third-order valence-electron chi connectivity index (χ3n) is 2.91. The zero-order valence-electron chi connectivity index (χ0n) is 10.9. The van der Waals surface area contributed by atoms with Crippen LogP contribution in [-0.2, 0) is 6.61 Å². The van der Waals surface area contributed by atoms with Crippen LogP contribution in [0.5, 0.6) is 5.75 Å². The lowest BCUT2D eigenvalue weighted by Crippen LogP contribution is -2.29. The highest BCUT2D eigenvalue weighted by Gasteiger charge is 2.09. The number of hydrogen-bond donors (Lipinski definition) is 2. The van der Waals surface area contributed by atoms with E-state index in [4.69, 9.17) is 15.0 Å². The third-order valence-corrected chi connectivity index (χ3v) is 2.91. The number of nitrogens with two attached hydrogens (primary N) is 1. The number of carbonyl (C=O) groups is 1. The van der Waals surface area contributed by atoms with Crippen LogP contribution >= 0.6 is 0 Å². The molecule has 1 aromatic carbocycles. The zero-order chi connectivity index (χ0) is 13.8. The summed E-state index contributed by atoms with van der Waals surface area (Å²) in [4.78, 5) is 11.2.